The molecule has 5 rings (SSSR count). The van der Waals surface area contributed by atoms with Gasteiger partial charge in [0.15, 0.2) is 0 Å². The monoisotopic (exact) mass is 332 g/mol. The molecule has 0 spiro atoms. The minimum Gasteiger partial charge on any atom is -0.369 e. The van der Waals surface area contributed by atoms with E-state index >= 15 is 0 Å². The van der Waals surface area contributed by atoms with E-state index in [9.17, 15) is 9.18 Å². The Labute approximate surface area is 141 Å². The highest BCUT2D eigenvalue weighted by Gasteiger charge is 2.34. The summed E-state index contributed by atoms with van der Waals surface area (Å²) in [5, 5.41) is 0. The van der Waals surface area contributed by atoms with E-state index in [1.807, 2.05) is 41.1 Å². The summed E-state index contributed by atoms with van der Waals surface area (Å²) in [5.74, 6) is -0.556. The number of para-hydroxylation sites is 1. The lowest BCUT2D eigenvalue weighted by molar-refractivity contribution is -0.118. The van der Waals surface area contributed by atoms with Gasteiger partial charge in [-0.15, -0.1) is 0 Å². The first kappa shape index (κ1) is 14.0. The molecule has 2 aromatic heterocycles. The molecule has 3 N–H and O–H groups in total. The SMILES string of the molecule is NC(=O)[C@H]1c2cccc(-c3nc4ccc(F)cc4[nH]3)c2-n2cccc21. The number of rotatable bonds is 2. The minimum atomic E-state index is -0.480. The van der Waals surface area contributed by atoms with Crippen molar-refractivity contribution < 1.29 is 9.18 Å². The van der Waals surface area contributed by atoms with Crippen LogP contribution in [0.2, 0.25) is 0 Å². The number of nitrogens with zero attached hydrogens (tertiary/aromatic N) is 2. The Morgan fingerprint density at radius 3 is 2.92 bits per heavy atom. The van der Waals surface area contributed by atoms with Gasteiger partial charge in [-0.2, -0.15) is 0 Å². The number of fused-ring (bicyclic) bond motifs is 4. The number of hydrogen-bond acceptors (Lipinski definition) is 2. The Morgan fingerprint density at radius 2 is 2.08 bits per heavy atom. The van der Waals surface area contributed by atoms with Gasteiger partial charge in [-0.05, 0) is 42.0 Å². The van der Waals surface area contributed by atoms with E-state index in [1.165, 1.54) is 12.1 Å². The van der Waals surface area contributed by atoms with Crippen LogP contribution < -0.4 is 5.73 Å². The van der Waals surface area contributed by atoms with Gasteiger partial charge < -0.3 is 15.3 Å². The average molecular weight is 332 g/mol. The number of H-pyrrole nitrogens is 1. The number of imidazole rings is 1. The third-order valence-corrected chi connectivity index (χ3v) is 4.68. The van der Waals surface area contributed by atoms with Gasteiger partial charge in [0, 0.05) is 17.5 Å². The lowest BCUT2D eigenvalue weighted by atomic mass is 9.95. The average Bonchev–Trinajstić information content (AvgIpc) is 3.26. The van der Waals surface area contributed by atoms with Crippen LogP contribution in [-0.4, -0.2) is 20.4 Å². The Balaban J connectivity index is 1.79. The number of carbonyl (C=O) groups excluding carboxylic acids is 1. The number of hydrogen-bond donors (Lipinski definition) is 2. The predicted molar refractivity (Wildman–Crippen MR) is 91.9 cm³/mol. The molecule has 0 saturated heterocycles. The highest BCUT2D eigenvalue weighted by Crippen LogP contribution is 2.42. The van der Waals surface area contributed by atoms with E-state index < -0.39 is 5.92 Å². The van der Waals surface area contributed by atoms with Crippen LogP contribution in [-0.2, 0) is 4.79 Å². The van der Waals surface area contributed by atoms with Crippen LogP contribution in [0.5, 0.6) is 0 Å². The molecule has 0 radical (unpaired) electrons. The second kappa shape index (κ2) is 4.80. The number of aromatic amines is 1. The number of halogens is 1. The quantitative estimate of drug-likeness (QED) is 0.592. The summed E-state index contributed by atoms with van der Waals surface area (Å²) in [5.41, 5.74) is 10.4. The first-order chi connectivity index (χ1) is 12.1. The fourth-order valence-corrected chi connectivity index (χ4v) is 3.65. The van der Waals surface area contributed by atoms with E-state index in [0.717, 1.165) is 22.5 Å². The maximum absolute atomic E-state index is 13.5. The van der Waals surface area contributed by atoms with E-state index in [-0.39, 0.29) is 11.7 Å². The largest absolute Gasteiger partial charge is 0.369 e. The topological polar surface area (TPSA) is 76.7 Å². The fraction of sp³-hybridized carbons (Fsp3) is 0.0526. The molecular formula is C19H13FN4O. The number of aromatic nitrogens is 3. The van der Waals surface area contributed by atoms with E-state index in [2.05, 4.69) is 9.97 Å². The number of carbonyl (C=O) groups is 1. The van der Waals surface area contributed by atoms with Crippen LogP contribution in [0.15, 0.2) is 54.7 Å². The van der Waals surface area contributed by atoms with Crippen molar-refractivity contribution in [3.05, 3.63) is 71.8 Å². The molecule has 1 aliphatic rings. The molecule has 0 aliphatic carbocycles. The fourth-order valence-electron chi connectivity index (χ4n) is 3.65. The van der Waals surface area contributed by atoms with Gasteiger partial charge in [-0.3, -0.25) is 4.79 Å². The van der Waals surface area contributed by atoms with Crippen LogP contribution in [0.4, 0.5) is 4.39 Å². The zero-order valence-corrected chi connectivity index (χ0v) is 13.0. The van der Waals surface area contributed by atoms with Crippen molar-refractivity contribution >= 4 is 16.9 Å². The molecule has 0 bridgehead atoms. The van der Waals surface area contributed by atoms with E-state index in [0.29, 0.717) is 16.9 Å². The third-order valence-electron chi connectivity index (χ3n) is 4.68. The van der Waals surface area contributed by atoms with Crippen molar-refractivity contribution in [3.8, 4) is 17.1 Å². The van der Waals surface area contributed by atoms with Crippen LogP contribution >= 0.6 is 0 Å². The van der Waals surface area contributed by atoms with Crippen molar-refractivity contribution in [3.63, 3.8) is 0 Å². The van der Waals surface area contributed by atoms with Crippen molar-refractivity contribution in [2.45, 2.75) is 5.92 Å². The van der Waals surface area contributed by atoms with Gasteiger partial charge in [0.2, 0.25) is 5.91 Å². The van der Waals surface area contributed by atoms with Gasteiger partial charge in [-0.1, -0.05) is 12.1 Å². The molecule has 2 aromatic carbocycles. The van der Waals surface area contributed by atoms with Gasteiger partial charge >= 0.3 is 0 Å². The standard InChI is InChI=1S/C19H13FN4O/c20-10-6-7-13-14(9-10)23-19(22-13)12-4-1-3-11-16(18(21)25)15-5-2-8-24(15)17(11)12/h1-9,16H,(H2,21,25)(H,22,23)/t16-/m0/s1. The molecule has 1 atom stereocenters. The Kier molecular flexibility index (Phi) is 2.68. The highest BCUT2D eigenvalue weighted by molar-refractivity contribution is 5.91. The van der Waals surface area contributed by atoms with E-state index in [4.69, 9.17) is 5.73 Å². The molecule has 4 aromatic rings. The zero-order valence-electron chi connectivity index (χ0n) is 13.0. The van der Waals surface area contributed by atoms with Crippen LogP contribution in [0.3, 0.4) is 0 Å². The molecule has 1 aliphatic heterocycles. The normalized spacial score (nSPS) is 15.3. The first-order valence-electron chi connectivity index (χ1n) is 7.89. The number of nitrogens with two attached hydrogens (primary N) is 1. The highest BCUT2D eigenvalue weighted by atomic mass is 19.1. The van der Waals surface area contributed by atoms with Gasteiger partial charge in [0.05, 0.1) is 16.7 Å². The molecule has 0 unspecified atom stereocenters. The van der Waals surface area contributed by atoms with Crippen molar-refractivity contribution in [2.24, 2.45) is 5.73 Å². The Hall–Kier alpha value is -3.41. The summed E-state index contributed by atoms with van der Waals surface area (Å²) in [6.07, 6.45) is 1.91. The lowest BCUT2D eigenvalue weighted by Gasteiger charge is -2.09. The Bertz CT molecular complexity index is 1160. The maximum Gasteiger partial charge on any atom is 0.231 e. The summed E-state index contributed by atoms with van der Waals surface area (Å²) >= 11 is 0. The van der Waals surface area contributed by atoms with Crippen LogP contribution in [0.25, 0.3) is 28.1 Å². The minimum absolute atomic E-state index is 0.317. The van der Waals surface area contributed by atoms with E-state index in [1.54, 1.807) is 6.07 Å². The maximum atomic E-state index is 13.5. The number of primary amides is 1. The number of benzene rings is 2. The summed E-state index contributed by atoms with van der Waals surface area (Å²) < 4.78 is 15.4. The predicted octanol–water partition coefficient (Wildman–Crippen LogP) is 3.09. The van der Waals surface area contributed by atoms with Crippen LogP contribution in [0, 0.1) is 5.82 Å². The van der Waals surface area contributed by atoms with Crippen LogP contribution in [0.1, 0.15) is 17.2 Å². The molecule has 0 saturated carbocycles. The molecule has 1 amide bonds. The number of amides is 1. The molecule has 5 nitrogen and oxygen atoms in total. The molecule has 122 valence electrons. The van der Waals surface area contributed by atoms with Gasteiger partial charge in [0.25, 0.3) is 0 Å². The van der Waals surface area contributed by atoms with Crippen molar-refractivity contribution in [2.75, 3.05) is 0 Å². The molecule has 3 heterocycles. The second-order valence-electron chi connectivity index (χ2n) is 6.13. The summed E-state index contributed by atoms with van der Waals surface area (Å²) in [4.78, 5) is 19.7. The van der Waals surface area contributed by atoms with Gasteiger partial charge in [0.1, 0.15) is 17.6 Å². The molecule has 0 fully saturated rings. The lowest BCUT2D eigenvalue weighted by Crippen LogP contribution is -2.20. The van der Waals surface area contributed by atoms with Crippen molar-refractivity contribution in [1.29, 1.82) is 0 Å². The summed E-state index contributed by atoms with van der Waals surface area (Å²) in [7, 11) is 0. The molecule has 6 heteroatoms. The number of nitrogens with one attached hydrogen (secondary N) is 1. The smallest absolute Gasteiger partial charge is 0.231 e. The second-order valence-corrected chi connectivity index (χ2v) is 6.13. The zero-order chi connectivity index (χ0) is 17.1. The summed E-state index contributed by atoms with van der Waals surface area (Å²) in [6, 6.07) is 13.9. The Morgan fingerprint density at radius 1 is 1.20 bits per heavy atom. The third kappa shape index (κ3) is 1.88. The molecular weight excluding hydrogens is 319 g/mol. The molecule has 25 heavy (non-hydrogen) atoms. The summed E-state index contributed by atoms with van der Waals surface area (Å²) in [6.45, 7) is 0. The van der Waals surface area contributed by atoms with Crippen molar-refractivity contribution in [1.82, 2.24) is 14.5 Å². The first-order valence-corrected chi connectivity index (χ1v) is 7.89. The van der Waals surface area contributed by atoms with Gasteiger partial charge in [-0.25, -0.2) is 9.37 Å².